The number of halogens is 1. The van der Waals surface area contributed by atoms with Crippen LogP contribution in [0.25, 0.3) is 22.3 Å². The van der Waals surface area contributed by atoms with Gasteiger partial charge in [-0.15, -0.1) is 0 Å². The highest BCUT2D eigenvalue weighted by molar-refractivity contribution is 5.99. The van der Waals surface area contributed by atoms with E-state index >= 15 is 0 Å². The Kier molecular flexibility index (Phi) is 6.43. The van der Waals surface area contributed by atoms with Gasteiger partial charge in [-0.2, -0.15) is 10.4 Å². The van der Waals surface area contributed by atoms with Crippen molar-refractivity contribution in [2.45, 2.75) is 39.7 Å². The lowest BCUT2D eigenvalue weighted by molar-refractivity contribution is -0.128. The standard InChI is InChI=1S/C25H28FN7O2/c1-25(2,3)11-15(12-27)24(34)32-9-5-6-16(13-32)33-23-20(22(28)29-14-30-23)21(31-33)18-10-17(35-4)7-8-19(18)26/h7-8,10-11,14,16H,5-6,9,13H2,1-4H3,(H2,28,29,30)/b15-11+/t16-/m1/s1. The third-order valence-electron chi connectivity index (χ3n) is 5.90. The highest BCUT2D eigenvalue weighted by Crippen LogP contribution is 2.36. The number of nitrogen functional groups attached to an aromatic ring is 1. The number of allylic oxidation sites excluding steroid dienone is 1. The molecule has 10 heteroatoms. The highest BCUT2D eigenvalue weighted by Gasteiger charge is 2.31. The van der Waals surface area contributed by atoms with Gasteiger partial charge in [-0.25, -0.2) is 19.0 Å². The minimum absolute atomic E-state index is 0.120. The molecule has 1 saturated heterocycles. The summed E-state index contributed by atoms with van der Waals surface area (Å²) in [6, 6.07) is 6.21. The van der Waals surface area contributed by atoms with Gasteiger partial charge in [-0.3, -0.25) is 4.79 Å². The fourth-order valence-electron chi connectivity index (χ4n) is 4.34. The van der Waals surface area contributed by atoms with E-state index in [1.807, 2.05) is 26.8 Å². The number of rotatable bonds is 4. The van der Waals surface area contributed by atoms with Crippen molar-refractivity contribution < 1.29 is 13.9 Å². The van der Waals surface area contributed by atoms with Crippen molar-refractivity contribution in [3.63, 3.8) is 0 Å². The molecule has 1 aliphatic heterocycles. The largest absolute Gasteiger partial charge is 0.497 e. The first-order chi connectivity index (χ1) is 16.6. The second kappa shape index (κ2) is 9.33. The normalized spacial score (nSPS) is 16.9. The average molecular weight is 478 g/mol. The van der Waals surface area contributed by atoms with Gasteiger partial charge in [0.2, 0.25) is 0 Å². The molecule has 0 bridgehead atoms. The van der Waals surface area contributed by atoms with E-state index in [1.54, 1.807) is 21.7 Å². The topological polar surface area (TPSA) is 123 Å². The number of piperidine rings is 1. The van der Waals surface area contributed by atoms with Gasteiger partial charge in [-0.05, 0) is 36.5 Å². The van der Waals surface area contributed by atoms with E-state index in [2.05, 4.69) is 9.97 Å². The Balaban J connectivity index is 1.76. The molecular formula is C25H28FN7O2. The number of nitrogens with two attached hydrogens (primary N) is 1. The van der Waals surface area contributed by atoms with Crippen molar-refractivity contribution in [2.24, 2.45) is 5.41 Å². The highest BCUT2D eigenvalue weighted by atomic mass is 19.1. The van der Waals surface area contributed by atoms with E-state index in [-0.39, 0.29) is 34.3 Å². The van der Waals surface area contributed by atoms with Crippen LogP contribution in [0.4, 0.5) is 10.2 Å². The summed E-state index contributed by atoms with van der Waals surface area (Å²) in [5.74, 6) is -0.130. The molecule has 182 valence electrons. The fourth-order valence-corrected chi connectivity index (χ4v) is 4.34. The number of methoxy groups -OCH3 is 1. The Bertz CT molecular complexity index is 1350. The number of nitriles is 1. The first-order valence-corrected chi connectivity index (χ1v) is 11.4. The zero-order valence-electron chi connectivity index (χ0n) is 20.2. The van der Waals surface area contributed by atoms with Crippen molar-refractivity contribution in [1.29, 1.82) is 5.26 Å². The van der Waals surface area contributed by atoms with Crippen LogP contribution in [0.15, 0.2) is 36.2 Å². The molecule has 35 heavy (non-hydrogen) atoms. The number of fused-ring (bicyclic) bond motifs is 1. The molecule has 0 spiro atoms. The maximum atomic E-state index is 14.9. The molecule has 1 fully saturated rings. The molecule has 4 rings (SSSR count). The molecular weight excluding hydrogens is 449 g/mol. The Morgan fingerprint density at radius 2 is 2.11 bits per heavy atom. The van der Waals surface area contributed by atoms with E-state index in [0.29, 0.717) is 35.6 Å². The number of likely N-dealkylation sites (tertiary alicyclic amines) is 1. The minimum atomic E-state index is -0.480. The number of hydrogen-bond acceptors (Lipinski definition) is 7. The van der Waals surface area contributed by atoms with E-state index in [0.717, 1.165) is 12.8 Å². The lowest BCUT2D eigenvalue weighted by atomic mass is 9.93. The van der Waals surface area contributed by atoms with Crippen molar-refractivity contribution >= 4 is 22.8 Å². The van der Waals surface area contributed by atoms with Crippen LogP contribution in [0.2, 0.25) is 0 Å². The molecule has 0 radical (unpaired) electrons. The summed E-state index contributed by atoms with van der Waals surface area (Å²) in [7, 11) is 1.50. The SMILES string of the molecule is COc1ccc(F)c(-c2nn([C@@H]3CCCN(C(=O)/C(C#N)=C/C(C)(C)C)C3)c3ncnc(N)c23)c1. The molecule has 2 aromatic heterocycles. The first kappa shape index (κ1) is 24.1. The lowest BCUT2D eigenvalue weighted by Gasteiger charge is -2.33. The van der Waals surface area contributed by atoms with Crippen molar-refractivity contribution in [2.75, 3.05) is 25.9 Å². The summed E-state index contributed by atoms with van der Waals surface area (Å²) >= 11 is 0. The van der Waals surface area contributed by atoms with Crippen molar-refractivity contribution in [1.82, 2.24) is 24.6 Å². The van der Waals surface area contributed by atoms with Gasteiger partial charge in [0.05, 0.1) is 18.5 Å². The summed E-state index contributed by atoms with van der Waals surface area (Å²) in [5.41, 5.74) is 6.98. The molecule has 1 aliphatic rings. The van der Waals surface area contributed by atoms with Crippen molar-refractivity contribution in [3.05, 3.63) is 42.0 Å². The zero-order chi connectivity index (χ0) is 25.3. The molecule has 0 saturated carbocycles. The Hall–Kier alpha value is -4.00. The summed E-state index contributed by atoms with van der Waals surface area (Å²) in [5, 5.41) is 14.7. The number of carbonyl (C=O) groups excluding carboxylic acids is 1. The van der Waals surface area contributed by atoms with Gasteiger partial charge in [-0.1, -0.05) is 26.8 Å². The molecule has 1 amide bonds. The predicted octanol–water partition coefficient (Wildman–Crippen LogP) is 3.88. The number of ether oxygens (including phenoxy) is 1. The maximum Gasteiger partial charge on any atom is 0.264 e. The molecule has 9 nitrogen and oxygen atoms in total. The molecule has 1 atom stereocenters. The van der Waals surface area contributed by atoms with Gasteiger partial charge in [0.15, 0.2) is 5.65 Å². The van der Waals surface area contributed by atoms with Gasteiger partial charge >= 0.3 is 0 Å². The fraction of sp³-hybridized carbons (Fsp3) is 0.400. The van der Waals surface area contributed by atoms with Crippen LogP contribution in [0.1, 0.15) is 39.7 Å². The summed E-state index contributed by atoms with van der Waals surface area (Å²) in [6.07, 6.45) is 4.48. The number of nitrogens with zero attached hydrogens (tertiary/aromatic N) is 6. The van der Waals surface area contributed by atoms with Crippen LogP contribution in [-0.2, 0) is 4.79 Å². The average Bonchev–Trinajstić information content (AvgIpc) is 3.23. The van der Waals surface area contributed by atoms with Crippen molar-refractivity contribution in [3.8, 4) is 23.1 Å². The number of anilines is 1. The predicted molar refractivity (Wildman–Crippen MR) is 130 cm³/mol. The second-order valence-corrected chi connectivity index (χ2v) is 9.68. The van der Waals surface area contributed by atoms with Crippen LogP contribution >= 0.6 is 0 Å². The zero-order valence-corrected chi connectivity index (χ0v) is 20.2. The minimum Gasteiger partial charge on any atom is -0.497 e. The number of amides is 1. The van der Waals surface area contributed by atoms with Gasteiger partial charge in [0, 0.05) is 18.7 Å². The molecule has 1 aromatic carbocycles. The van der Waals surface area contributed by atoms with Gasteiger partial charge < -0.3 is 15.4 Å². The Morgan fingerprint density at radius 1 is 1.34 bits per heavy atom. The number of benzene rings is 1. The quantitative estimate of drug-likeness (QED) is 0.447. The number of hydrogen-bond donors (Lipinski definition) is 1. The van der Waals surface area contributed by atoms with Crippen LogP contribution in [0.5, 0.6) is 5.75 Å². The van der Waals surface area contributed by atoms with Crippen LogP contribution in [0.3, 0.4) is 0 Å². The number of carbonyl (C=O) groups is 1. The van der Waals surface area contributed by atoms with Crippen LogP contribution in [0, 0.1) is 22.6 Å². The second-order valence-electron chi connectivity index (χ2n) is 9.68. The lowest BCUT2D eigenvalue weighted by Crippen LogP contribution is -2.41. The Labute approximate surface area is 203 Å². The monoisotopic (exact) mass is 477 g/mol. The summed E-state index contributed by atoms with van der Waals surface area (Å²) < 4.78 is 21.8. The third kappa shape index (κ3) is 4.80. The molecule has 0 aliphatic carbocycles. The van der Waals surface area contributed by atoms with Crippen LogP contribution in [-0.4, -0.2) is 50.8 Å². The van der Waals surface area contributed by atoms with E-state index < -0.39 is 5.82 Å². The van der Waals surface area contributed by atoms with E-state index in [4.69, 9.17) is 15.6 Å². The Morgan fingerprint density at radius 3 is 2.80 bits per heavy atom. The van der Waals surface area contributed by atoms with Gasteiger partial charge in [0.1, 0.15) is 41.0 Å². The van der Waals surface area contributed by atoms with E-state index in [9.17, 15) is 14.4 Å². The molecule has 3 aromatic rings. The smallest absolute Gasteiger partial charge is 0.264 e. The summed E-state index contributed by atoms with van der Waals surface area (Å²) in [6.45, 7) is 6.69. The van der Waals surface area contributed by atoms with E-state index in [1.165, 1.54) is 25.6 Å². The third-order valence-corrected chi connectivity index (χ3v) is 5.90. The summed E-state index contributed by atoms with van der Waals surface area (Å²) in [4.78, 5) is 23.3. The molecule has 0 unspecified atom stereocenters. The maximum absolute atomic E-state index is 14.9. The molecule has 2 N–H and O–H groups in total. The van der Waals surface area contributed by atoms with Gasteiger partial charge in [0.25, 0.3) is 5.91 Å². The van der Waals surface area contributed by atoms with Crippen LogP contribution < -0.4 is 10.5 Å². The molecule has 3 heterocycles. The first-order valence-electron chi connectivity index (χ1n) is 11.4. The number of aromatic nitrogens is 4.